The Morgan fingerprint density at radius 3 is 2.50 bits per heavy atom. The van der Waals surface area contributed by atoms with Gasteiger partial charge in [-0.3, -0.25) is 4.57 Å². The lowest BCUT2D eigenvalue weighted by molar-refractivity contribution is -0.139. The SMILES string of the molecule is CC(C)Oc1ccc(-c2nc(-c3ccc(CNCCCO[PH](=O)O)cc3)no2)cc1C(F)(F)F. The molecule has 0 amide bonds. The molecule has 0 saturated carbocycles. The predicted octanol–water partition coefficient (Wildman–Crippen LogP) is 5.09. The Morgan fingerprint density at radius 1 is 1.15 bits per heavy atom. The van der Waals surface area contributed by atoms with Crippen LogP contribution in [0.5, 0.6) is 5.75 Å². The van der Waals surface area contributed by atoms with E-state index in [1.165, 1.54) is 12.1 Å². The topological polar surface area (TPSA) is 107 Å². The van der Waals surface area contributed by atoms with Gasteiger partial charge < -0.3 is 24.0 Å². The van der Waals surface area contributed by atoms with Crippen molar-refractivity contribution >= 4 is 8.25 Å². The monoisotopic (exact) mass is 499 g/mol. The summed E-state index contributed by atoms with van der Waals surface area (Å²) in [6, 6.07) is 10.9. The zero-order valence-electron chi connectivity index (χ0n) is 18.6. The minimum absolute atomic E-state index is 0.0324. The van der Waals surface area contributed by atoms with Crippen molar-refractivity contribution in [2.75, 3.05) is 13.2 Å². The van der Waals surface area contributed by atoms with E-state index in [9.17, 15) is 17.7 Å². The first-order valence-electron chi connectivity index (χ1n) is 10.5. The molecule has 0 aliphatic carbocycles. The quantitative estimate of drug-likeness (QED) is 0.278. The van der Waals surface area contributed by atoms with Gasteiger partial charge in [0.15, 0.2) is 0 Å². The molecule has 1 atom stereocenters. The van der Waals surface area contributed by atoms with Crippen LogP contribution in [0.15, 0.2) is 47.0 Å². The van der Waals surface area contributed by atoms with Gasteiger partial charge in [0.2, 0.25) is 5.82 Å². The van der Waals surface area contributed by atoms with E-state index in [-0.39, 0.29) is 29.6 Å². The van der Waals surface area contributed by atoms with Crippen LogP contribution < -0.4 is 10.1 Å². The first kappa shape index (κ1) is 25.9. The van der Waals surface area contributed by atoms with Crippen molar-refractivity contribution in [1.82, 2.24) is 15.5 Å². The van der Waals surface area contributed by atoms with Gasteiger partial charge in [-0.1, -0.05) is 29.4 Å². The van der Waals surface area contributed by atoms with E-state index in [1.807, 2.05) is 12.1 Å². The average Bonchev–Trinajstić information content (AvgIpc) is 3.26. The van der Waals surface area contributed by atoms with Crippen LogP contribution in [-0.2, 0) is 21.8 Å². The molecule has 3 rings (SSSR count). The van der Waals surface area contributed by atoms with Crippen molar-refractivity contribution in [1.29, 1.82) is 0 Å². The molecule has 0 fully saturated rings. The highest BCUT2D eigenvalue weighted by molar-refractivity contribution is 7.32. The molecule has 0 radical (unpaired) electrons. The van der Waals surface area contributed by atoms with E-state index in [0.717, 1.165) is 11.6 Å². The van der Waals surface area contributed by atoms with Crippen molar-refractivity contribution in [2.45, 2.75) is 39.1 Å². The lowest BCUT2D eigenvalue weighted by Gasteiger charge is -2.16. The molecular weight excluding hydrogens is 474 g/mol. The highest BCUT2D eigenvalue weighted by Gasteiger charge is 2.35. The second-order valence-electron chi connectivity index (χ2n) is 7.64. The third kappa shape index (κ3) is 7.39. The van der Waals surface area contributed by atoms with E-state index in [4.69, 9.17) is 14.2 Å². The van der Waals surface area contributed by atoms with Crippen LogP contribution in [-0.4, -0.2) is 34.3 Å². The Bertz CT molecular complexity index is 1100. The fourth-order valence-corrected chi connectivity index (χ4v) is 3.38. The van der Waals surface area contributed by atoms with Crippen molar-refractivity contribution in [2.24, 2.45) is 0 Å². The molecule has 34 heavy (non-hydrogen) atoms. The number of benzene rings is 2. The van der Waals surface area contributed by atoms with E-state index in [2.05, 4.69) is 20.0 Å². The van der Waals surface area contributed by atoms with Gasteiger partial charge in [-0.05, 0) is 50.6 Å². The fraction of sp³-hybridized carbons (Fsp3) is 0.364. The molecule has 0 aliphatic rings. The van der Waals surface area contributed by atoms with Gasteiger partial charge in [-0.2, -0.15) is 18.2 Å². The lowest BCUT2D eigenvalue weighted by atomic mass is 10.1. The molecule has 12 heteroatoms. The Balaban J connectivity index is 1.66. The fourth-order valence-electron chi connectivity index (χ4n) is 3.06. The van der Waals surface area contributed by atoms with Crippen molar-refractivity contribution in [3.8, 4) is 28.6 Å². The highest BCUT2D eigenvalue weighted by Crippen LogP contribution is 2.39. The molecule has 0 bridgehead atoms. The normalized spacial score (nSPS) is 12.8. The highest BCUT2D eigenvalue weighted by atomic mass is 31.1. The number of hydrogen-bond acceptors (Lipinski definition) is 7. The molecule has 0 aliphatic heterocycles. The van der Waals surface area contributed by atoms with Gasteiger partial charge in [-0.25, -0.2) is 0 Å². The Hall–Kier alpha value is -2.72. The third-order valence-corrected chi connectivity index (χ3v) is 5.04. The van der Waals surface area contributed by atoms with Crippen molar-refractivity contribution < 1.29 is 36.4 Å². The minimum Gasteiger partial charge on any atom is -0.490 e. The number of ether oxygens (including phenoxy) is 1. The van der Waals surface area contributed by atoms with Gasteiger partial charge in [0.05, 0.1) is 18.3 Å². The van der Waals surface area contributed by atoms with Crippen LogP contribution in [0.4, 0.5) is 13.2 Å². The molecule has 184 valence electrons. The summed E-state index contributed by atoms with van der Waals surface area (Å²) in [5.74, 6) is -0.0379. The summed E-state index contributed by atoms with van der Waals surface area (Å²) < 4.78 is 66.1. The summed E-state index contributed by atoms with van der Waals surface area (Å²) in [5.41, 5.74) is 0.863. The van der Waals surface area contributed by atoms with Crippen molar-refractivity contribution in [3.63, 3.8) is 0 Å². The van der Waals surface area contributed by atoms with E-state index >= 15 is 0 Å². The van der Waals surface area contributed by atoms with Gasteiger partial charge >= 0.3 is 14.4 Å². The van der Waals surface area contributed by atoms with E-state index in [1.54, 1.807) is 26.0 Å². The van der Waals surface area contributed by atoms with E-state index in [0.29, 0.717) is 25.1 Å². The summed E-state index contributed by atoms with van der Waals surface area (Å²) in [6.45, 7) is 4.71. The molecule has 1 aromatic heterocycles. The molecule has 1 heterocycles. The average molecular weight is 499 g/mol. The second kappa shape index (κ2) is 11.6. The molecule has 0 spiro atoms. The van der Waals surface area contributed by atoms with Crippen LogP contribution >= 0.6 is 8.25 Å². The third-order valence-electron chi connectivity index (χ3n) is 4.59. The zero-order valence-corrected chi connectivity index (χ0v) is 19.6. The van der Waals surface area contributed by atoms with Crippen LogP contribution in [0.3, 0.4) is 0 Å². The van der Waals surface area contributed by atoms with Gasteiger partial charge in [-0.15, -0.1) is 0 Å². The number of aromatic nitrogens is 2. The lowest BCUT2D eigenvalue weighted by Crippen LogP contribution is -2.15. The maximum Gasteiger partial charge on any atom is 0.419 e. The minimum atomic E-state index is -4.60. The summed E-state index contributed by atoms with van der Waals surface area (Å²) in [6.07, 6.45) is -4.41. The summed E-state index contributed by atoms with van der Waals surface area (Å²) in [7, 11) is -2.89. The van der Waals surface area contributed by atoms with Crippen LogP contribution in [0.1, 0.15) is 31.4 Å². The molecule has 2 N–H and O–H groups in total. The second-order valence-corrected chi connectivity index (χ2v) is 8.46. The number of alkyl halides is 3. The summed E-state index contributed by atoms with van der Waals surface area (Å²) in [4.78, 5) is 12.8. The molecule has 0 saturated heterocycles. The van der Waals surface area contributed by atoms with Gasteiger partial charge in [0, 0.05) is 17.7 Å². The first-order chi connectivity index (χ1) is 16.1. The smallest absolute Gasteiger partial charge is 0.419 e. The van der Waals surface area contributed by atoms with Gasteiger partial charge in [0.25, 0.3) is 5.89 Å². The van der Waals surface area contributed by atoms with Crippen LogP contribution in [0.2, 0.25) is 0 Å². The van der Waals surface area contributed by atoms with Crippen molar-refractivity contribution in [3.05, 3.63) is 53.6 Å². The summed E-state index contributed by atoms with van der Waals surface area (Å²) >= 11 is 0. The molecule has 1 unspecified atom stereocenters. The Labute approximate surface area is 195 Å². The molecule has 8 nitrogen and oxygen atoms in total. The summed E-state index contributed by atoms with van der Waals surface area (Å²) in [5, 5.41) is 7.08. The standard InChI is InChI=1S/C22H25F3N3O5P/c1-14(2)32-19-9-8-17(12-18(19)22(23,24)25)21-27-20(28-33-21)16-6-4-15(5-7-16)13-26-10-3-11-31-34(29)30/h4-9,12,14,26,34H,3,10-11,13H2,1-2H3,(H,29,30). The largest absolute Gasteiger partial charge is 0.490 e. The predicted molar refractivity (Wildman–Crippen MR) is 119 cm³/mol. The number of halogens is 3. The van der Waals surface area contributed by atoms with Crippen LogP contribution in [0.25, 0.3) is 22.8 Å². The maximum absolute atomic E-state index is 13.5. The molecule has 3 aromatic rings. The number of rotatable bonds is 11. The van der Waals surface area contributed by atoms with Gasteiger partial charge in [0.1, 0.15) is 5.75 Å². The number of hydrogen-bond donors (Lipinski definition) is 2. The maximum atomic E-state index is 13.5. The first-order valence-corrected chi connectivity index (χ1v) is 11.8. The molecule has 2 aromatic carbocycles. The molecular formula is C22H25F3N3O5P. The Kier molecular flexibility index (Phi) is 8.84. The Morgan fingerprint density at radius 2 is 1.85 bits per heavy atom. The van der Waals surface area contributed by atoms with Crippen LogP contribution in [0, 0.1) is 0 Å². The van der Waals surface area contributed by atoms with E-state index < -0.39 is 26.1 Å². The number of nitrogens with zero attached hydrogens (tertiary/aromatic N) is 2. The number of nitrogens with one attached hydrogen (secondary N) is 1. The zero-order chi connectivity index (χ0) is 24.7.